The molecule has 0 aliphatic rings. The molecule has 2 nitrogen and oxygen atoms in total. The van der Waals surface area contributed by atoms with Gasteiger partial charge in [-0.3, -0.25) is 0 Å². The van der Waals surface area contributed by atoms with Gasteiger partial charge in [0.05, 0.1) is 5.56 Å². The maximum Gasteiger partial charge on any atom is 0.416 e. The van der Waals surface area contributed by atoms with Crippen molar-refractivity contribution >= 4 is 0 Å². The van der Waals surface area contributed by atoms with Gasteiger partial charge in [0, 0.05) is 11.8 Å². The lowest BCUT2D eigenvalue weighted by Crippen LogP contribution is -2.06. The van der Waals surface area contributed by atoms with Crippen molar-refractivity contribution in [2.75, 3.05) is 0 Å². The molecule has 1 aromatic heterocycles. The molecule has 0 amide bonds. The number of pyridine rings is 1. The summed E-state index contributed by atoms with van der Waals surface area (Å²) in [5.41, 5.74) is 1.02. The van der Waals surface area contributed by atoms with Crippen molar-refractivity contribution in [3.05, 3.63) is 59.3 Å². The van der Waals surface area contributed by atoms with Crippen molar-refractivity contribution in [3.63, 3.8) is 0 Å². The summed E-state index contributed by atoms with van der Waals surface area (Å²) in [5, 5.41) is 0. The number of halogens is 3. The van der Waals surface area contributed by atoms with Gasteiger partial charge >= 0.3 is 6.18 Å². The summed E-state index contributed by atoms with van der Waals surface area (Å²) in [4.78, 5) is 4.20. The fourth-order valence-corrected chi connectivity index (χ4v) is 2.09. The Morgan fingerprint density at radius 3 is 2.36 bits per heavy atom. The molecular weight excluding hydrogens is 291 g/mol. The molecule has 2 rings (SSSR count). The van der Waals surface area contributed by atoms with E-state index in [4.69, 9.17) is 4.74 Å². The summed E-state index contributed by atoms with van der Waals surface area (Å²) >= 11 is 0. The van der Waals surface area contributed by atoms with Crippen molar-refractivity contribution < 1.29 is 17.9 Å². The largest absolute Gasteiger partial charge is 0.473 e. The molecule has 0 fully saturated rings. The Morgan fingerprint density at radius 1 is 1.09 bits per heavy atom. The molecule has 0 saturated heterocycles. The Hall–Kier alpha value is -2.04. The Bertz CT molecular complexity index is 606. The van der Waals surface area contributed by atoms with Crippen LogP contribution in [-0.2, 0) is 19.2 Å². The minimum Gasteiger partial charge on any atom is -0.473 e. The minimum atomic E-state index is -4.31. The molecule has 0 saturated carbocycles. The van der Waals surface area contributed by atoms with Crippen LogP contribution in [0.5, 0.6) is 5.88 Å². The highest BCUT2D eigenvalue weighted by atomic mass is 19.4. The third kappa shape index (κ3) is 4.48. The molecule has 0 spiro atoms. The number of alkyl halides is 3. The summed E-state index contributed by atoms with van der Waals surface area (Å²) in [6, 6.07) is 8.78. The van der Waals surface area contributed by atoms with Gasteiger partial charge in [0.2, 0.25) is 5.88 Å². The van der Waals surface area contributed by atoms with E-state index >= 15 is 0 Å². The molecule has 2 aromatic rings. The fraction of sp³-hybridized carbons (Fsp3) is 0.353. The molecule has 0 radical (unpaired) electrons. The average Bonchev–Trinajstić information content (AvgIpc) is 2.45. The van der Waals surface area contributed by atoms with E-state index in [1.807, 2.05) is 12.1 Å². The smallest absolute Gasteiger partial charge is 0.416 e. The molecule has 0 N–H and O–H groups in total. The SMILES string of the molecule is CC(C)Cc1cccnc1OCc1ccc(C(F)(F)F)cc1. The summed E-state index contributed by atoms with van der Waals surface area (Å²) in [5.74, 6) is 1.01. The Morgan fingerprint density at radius 2 is 1.77 bits per heavy atom. The van der Waals surface area contributed by atoms with E-state index in [0.29, 0.717) is 17.4 Å². The monoisotopic (exact) mass is 309 g/mol. The number of hydrogen-bond acceptors (Lipinski definition) is 2. The molecule has 5 heteroatoms. The van der Waals surface area contributed by atoms with Gasteiger partial charge in [0.25, 0.3) is 0 Å². The molecule has 0 aliphatic heterocycles. The van der Waals surface area contributed by atoms with E-state index in [1.54, 1.807) is 6.20 Å². The highest BCUT2D eigenvalue weighted by Crippen LogP contribution is 2.29. The van der Waals surface area contributed by atoms with E-state index in [9.17, 15) is 13.2 Å². The maximum absolute atomic E-state index is 12.5. The second-order valence-corrected chi connectivity index (χ2v) is 5.55. The van der Waals surface area contributed by atoms with Crippen LogP contribution in [0.3, 0.4) is 0 Å². The number of hydrogen-bond donors (Lipinski definition) is 0. The van der Waals surface area contributed by atoms with Gasteiger partial charge in [-0.2, -0.15) is 13.2 Å². The normalized spacial score (nSPS) is 11.7. The standard InChI is InChI=1S/C17H18F3NO/c1-12(2)10-14-4-3-9-21-16(14)22-11-13-5-7-15(8-6-13)17(18,19)20/h3-9,12H,10-11H2,1-2H3. The van der Waals surface area contributed by atoms with Crippen molar-refractivity contribution in [3.8, 4) is 5.88 Å². The van der Waals surface area contributed by atoms with E-state index in [-0.39, 0.29) is 6.61 Å². The molecule has 0 aliphatic carbocycles. The van der Waals surface area contributed by atoms with Gasteiger partial charge in [0.15, 0.2) is 0 Å². The average molecular weight is 309 g/mol. The molecule has 1 heterocycles. The van der Waals surface area contributed by atoms with Crippen molar-refractivity contribution in [1.29, 1.82) is 0 Å². The van der Waals surface area contributed by atoms with Gasteiger partial charge in [-0.25, -0.2) is 4.98 Å². The van der Waals surface area contributed by atoms with Crippen LogP contribution >= 0.6 is 0 Å². The highest BCUT2D eigenvalue weighted by Gasteiger charge is 2.29. The number of ether oxygens (including phenoxy) is 1. The molecular formula is C17H18F3NO. The van der Waals surface area contributed by atoms with Gasteiger partial charge < -0.3 is 4.74 Å². The number of nitrogens with zero attached hydrogens (tertiary/aromatic N) is 1. The second kappa shape index (κ2) is 6.81. The van der Waals surface area contributed by atoms with E-state index in [1.165, 1.54) is 12.1 Å². The lowest BCUT2D eigenvalue weighted by molar-refractivity contribution is -0.137. The highest BCUT2D eigenvalue weighted by molar-refractivity contribution is 5.27. The summed E-state index contributed by atoms with van der Waals surface area (Å²) in [6.07, 6.45) is -1.83. The van der Waals surface area contributed by atoms with Crippen LogP contribution in [0.4, 0.5) is 13.2 Å². The molecule has 118 valence electrons. The first-order valence-electron chi connectivity index (χ1n) is 7.09. The number of rotatable bonds is 5. The van der Waals surface area contributed by atoms with Gasteiger partial charge in [-0.05, 0) is 36.1 Å². The molecule has 0 bridgehead atoms. The molecule has 0 atom stereocenters. The third-order valence-corrected chi connectivity index (χ3v) is 3.13. The Kier molecular flexibility index (Phi) is 5.06. The maximum atomic E-state index is 12.5. The first-order valence-corrected chi connectivity index (χ1v) is 7.09. The topological polar surface area (TPSA) is 22.1 Å². The zero-order valence-corrected chi connectivity index (χ0v) is 12.5. The van der Waals surface area contributed by atoms with Gasteiger partial charge in [0.1, 0.15) is 6.61 Å². The number of benzene rings is 1. The summed E-state index contributed by atoms with van der Waals surface area (Å²) < 4.78 is 43.2. The first kappa shape index (κ1) is 16.3. The number of aromatic nitrogens is 1. The van der Waals surface area contributed by atoms with E-state index < -0.39 is 11.7 Å². The zero-order valence-electron chi connectivity index (χ0n) is 12.5. The van der Waals surface area contributed by atoms with Crippen LogP contribution in [0, 0.1) is 5.92 Å². The summed E-state index contributed by atoms with van der Waals surface area (Å²) in [6.45, 7) is 4.40. The van der Waals surface area contributed by atoms with Crippen LogP contribution in [0.15, 0.2) is 42.6 Å². The van der Waals surface area contributed by atoms with E-state index in [0.717, 1.165) is 24.1 Å². The lowest BCUT2D eigenvalue weighted by Gasteiger charge is -2.12. The van der Waals surface area contributed by atoms with Gasteiger partial charge in [-0.15, -0.1) is 0 Å². The van der Waals surface area contributed by atoms with E-state index in [2.05, 4.69) is 18.8 Å². The molecule has 1 aromatic carbocycles. The quantitative estimate of drug-likeness (QED) is 0.785. The van der Waals surface area contributed by atoms with Crippen LogP contribution in [0.1, 0.15) is 30.5 Å². The molecule has 0 unspecified atom stereocenters. The predicted octanol–water partition coefficient (Wildman–Crippen LogP) is 4.88. The van der Waals surface area contributed by atoms with Crippen LogP contribution < -0.4 is 4.74 Å². The molecule has 22 heavy (non-hydrogen) atoms. The zero-order chi connectivity index (χ0) is 16.2. The predicted molar refractivity (Wildman–Crippen MR) is 78.6 cm³/mol. The second-order valence-electron chi connectivity index (χ2n) is 5.55. The Labute approximate surface area is 128 Å². The Balaban J connectivity index is 2.04. The minimum absolute atomic E-state index is 0.195. The third-order valence-electron chi connectivity index (χ3n) is 3.13. The van der Waals surface area contributed by atoms with Crippen LogP contribution in [0.2, 0.25) is 0 Å². The van der Waals surface area contributed by atoms with Crippen molar-refractivity contribution in [1.82, 2.24) is 4.98 Å². The summed E-state index contributed by atoms with van der Waals surface area (Å²) in [7, 11) is 0. The lowest BCUT2D eigenvalue weighted by atomic mass is 10.0. The van der Waals surface area contributed by atoms with Crippen LogP contribution in [0.25, 0.3) is 0 Å². The van der Waals surface area contributed by atoms with Crippen molar-refractivity contribution in [2.45, 2.75) is 33.1 Å². The van der Waals surface area contributed by atoms with Crippen molar-refractivity contribution in [2.24, 2.45) is 5.92 Å². The first-order chi connectivity index (χ1) is 10.4. The fourth-order valence-electron chi connectivity index (χ4n) is 2.09. The van der Waals surface area contributed by atoms with Crippen LogP contribution in [-0.4, -0.2) is 4.98 Å². The van der Waals surface area contributed by atoms with Gasteiger partial charge in [-0.1, -0.05) is 32.0 Å².